The van der Waals surface area contributed by atoms with Gasteiger partial charge in [-0.3, -0.25) is 4.79 Å². The van der Waals surface area contributed by atoms with Crippen LogP contribution in [0.15, 0.2) is 36.4 Å². The lowest BCUT2D eigenvalue weighted by Gasteiger charge is -2.27. The number of ether oxygens (including phenoxy) is 2. The number of rotatable bonds is 5. The van der Waals surface area contributed by atoms with E-state index in [1.165, 1.54) is 11.3 Å². The van der Waals surface area contributed by atoms with Gasteiger partial charge in [0.2, 0.25) is 0 Å². The number of amides is 2. The monoisotopic (exact) mass is 543 g/mol. The van der Waals surface area contributed by atoms with E-state index in [1.807, 2.05) is 24.0 Å². The summed E-state index contributed by atoms with van der Waals surface area (Å²) in [6, 6.07) is 10.7. The average molecular weight is 544 g/mol. The first-order chi connectivity index (χ1) is 17.4. The summed E-state index contributed by atoms with van der Waals surface area (Å²) in [5.41, 5.74) is 2.12. The highest BCUT2D eigenvalue weighted by molar-refractivity contribution is 7.15. The zero-order valence-electron chi connectivity index (χ0n) is 19.4. The molecule has 1 saturated carbocycles. The average Bonchev–Trinajstić information content (AvgIpc) is 3.19. The second-order valence-electron chi connectivity index (χ2n) is 9.33. The van der Waals surface area contributed by atoms with Gasteiger partial charge in [-0.05, 0) is 55.0 Å². The fourth-order valence-corrected chi connectivity index (χ4v) is 6.42. The number of carbonyl (C=O) groups excluding carboxylic acids is 2. The number of aromatic nitrogens is 1. The smallest absolute Gasteiger partial charge is 0.412 e. The molecule has 2 fully saturated rings. The predicted octanol–water partition coefficient (Wildman–Crippen LogP) is 5.61. The Labute approximate surface area is 222 Å². The number of likely N-dealkylation sites (tertiary alicyclic amines) is 1. The van der Waals surface area contributed by atoms with Crippen molar-refractivity contribution in [2.24, 2.45) is 11.8 Å². The van der Waals surface area contributed by atoms with Crippen molar-refractivity contribution in [1.82, 2.24) is 15.2 Å². The SMILES string of the molecule is Cc1nc(C(=O)N2C[C@@H]3C[C@@H]3[C@H]2CNC(=O)Oc2cccc3c2CCO3)c(-c2ccc(Cl)c(Cl)c2)s1. The molecular formula is C26H23Cl2N3O4S. The Morgan fingerprint density at radius 1 is 1.25 bits per heavy atom. The number of piperidine rings is 1. The molecule has 1 aliphatic carbocycles. The van der Waals surface area contributed by atoms with Crippen molar-refractivity contribution < 1.29 is 19.1 Å². The minimum Gasteiger partial charge on any atom is -0.493 e. The molecule has 3 aliphatic rings. The van der Waals surface area contributed by atoms with Crippen LogP contribution in [0.1, 0.15) is 27.5 Å². The summed E-state index contributed by atoms with van der Waals surface area (Å²) in [4.78, 5) is 33.5. The second-order valence-corrected chi connectivity index (χ2v) is 11.3. The second kappa shape index (κ2) is 9.25. The van der Waals surface area contributed by atoms with E-state index >= 15 is 0 Å². The van der Waals surface area contributed by atoms with Crippen molar-refractivity contribution in [3.63, 3.8) is 0 Å². The predicted molar refractivity (Wildman–Crippen MR) is 138 cm³/mol. The van der Waals surface area contributed by atoms with Crippen LogP contribution < -0.4 is 14.8 Å². The minimum absolute atomic E-state index is 0.108. The first-order valence-electron chi connectivity index (χ1n) is 11.8. The number of halogens is 2. The molecule has 1 aromatic heterocycles. The zero-order valence-corrected chi connectivity index (χ0v) is 21.8. The van der Waals surface area contributed by atoms with Gasteiger partial charge >= 0.3 is 6.09 Å². The maximum atomic E-state index is 13.7. The van der Waals surface area contributed by atoms with Gasteiger partial charge < -0.3 is 19.7 Å². The Bertz CT molecular complexity index is 1380. The summed E-state index contributed by atoms with van der Waals surface area (Å²) in [6.45, 7) is 3.44. The molecule has 1 saturated heterocycles. The third-order valence-corrected chi connectivity index (χ3v) is 8.80. The zero-order chi connectivity index (χ0) is 25.0. The number of carbonyl (C=O) groups is 2. The van der Waals surface area contributed by atoms with E-state index in [-0.39, 0.29) is 11.9 Å². The van der Waals surface area contributed by atoms with Gasteiger partial charge in [-0.1, -0.05) is 35.3 Å². The number of nitrogens with zero attached hydrogens (tertiary/aromatic N) is 2. The van der Waals surface area contributed by atoms with Gasteiger partial charge in [-0.25, -0.2) is 9.78 Å². The summed E-state index contributed by atoms with van der Waals surface area (Å²) in [6.07, 6.45) is 1.24. The Balaban J connectivity index is 1.17. The minimum atomic E-state index is -0.534. The van der Waals surface area contributed by atoms with Crippen molar-refractivity contribution >= 4 is 46.5 Å². The molecule has 7 nitrogen and oxygen atoms in total. The van der Waals surface area contributed by atoms with Crippen LogP contribution in [0, 0.1) is 18.8 Å². The van der Waals surface area contributed by atoms with Crippen molar-refractivity contribution in [3.05, 3.63) is 62.7 Å². The van der Waals surface area contributed by atoms with Crippen LogP contribution >= 0.6 is 34.5 Å². The molecule has 186 valence electrons. The number of fused-ring (bicyclic) bond motifs is 2. The quantitative estimate of drug-likeness (QED) is 0.452. The largest absolute Gasteiger partial charge is 0.493 e. The van der Waals surface area contributed by atoms with Crippen molar-refractivity contribution in [1.29, 1.82) is 0 Å². The lowest BCUT2D eigenvalue weighted by atomic mass is 10.1. The molecular weight excluding hydrogens is 521 g/mol. The van der Waals surface area contributed by atoms with Gasteiger partial charge in [-0.2, -0.15) is 0 Å². The van der Waals surface area contributed by atoms with Crippen molar-refractivity contribution in [3.8, 4) is 21.9 Å². The molecule has 2 aromatic carbocycles. The maximum absolute atomic E-state index is 13.7. The van der Waals surface area contributed by atoms with E-state index in [4.69, 9.17) is 32.7 Å². The lowest BCUT2D eigenvalue weighted by Crippen LogP contribution is -2.46. The first-order valence-corrected chi connectivity index (χ1v) is 13.4. The van der Waals surface area contributed by atoms with E-state index in [1.54, 1.807) is 24.3 Å². The number of nitrogens with one attached hydrogen (secondary N) is 1. The van der Waals surface area contributed by atoms with E-state index in [2.05, 4.69) is 10.3 Å². The Morgan fingerprint density at radius 2 is 2.11 bits per heavy atom. The van der Waals surface area contributed by atoms with E-state index in [0.29, 0.717) is 59.4 Å². The van der Waals surface area contributed by atoms with Crippen LogP contribution in [-0.4, -0.2) is 47.6 Å². The molecule has 0 unspecified atom stereocenters. The van der Waals surface area contributed by atoms with E-state index < -0.39 is 6.09 Å². The summed E-state index contributed by atoms with van der Waals surface area (Å²) in [7, 11) is 0. The van der Waals surface area contributed by atoms with Gasteiger partial charge in [0.1, 0.15) is 17.2 Å². The molecule has 3 atom stereocenters. The number of hydrogen-bond acceptors (Lipinski definition) is 6. The molecule has 0 radical (unpaired) electrons. The molecule has 0 spiro atoms. The molecule has 10 heteroatoms. The van der Waals surface area contributed by atoms with Crippen LogP contribution in [0.3, 0.4) is 0 Å². The van der Waals surface area contributed by atoms with Crippen LogP contribution in [0.5, 0.6) is 11.5 Å². The molecule has 2 aliphatic heterocycles. The van der Waals surface area contributed by atoms with Crippen LogP contribution in [0.4, 0.5) is 4.79 Å². The van der Waals surface area contributed by atoms with Crippen molar-refractivity contribution in [2.45, 2.75) is 25.8 Å². The van der Waals surface area contributed by atoms with Crippen LogP contribution in [0.2, 0.25) is 10.0 Å². The molecule has 6 rings (SSSR count). The molecule has 3 aromatic rings. The number of benzene rings is 2. The fourth-order valence-electron chi connectivity index (χ4n) is 5.22. The highest BCUT2D eigenvalue weighted by atomic mass is 35.5. The standard InChI is InChI=1S/C26H23Cl2N3O4S/c1-13-30-23(24(36-13)14-5-6-18(27)19(28)10-14)25(32)31-12-15-9-17(15)20(31)11-29-26(33)35-22-4-2-3-21-16(22)7-8-34-21/h2-6,10,15,17,20H,7-9,11-12H2,1H3,(H,29,33)/t15-,17-,20+/m0/s1. The summed E-state index contributed by atoms with van der Waals surface area (Å²) < 4.78 is 11.1. The lowest BCUT2D eigenvalue weighted by molar-refractivity contribution is 0.0700. The van der Waals surface area contributed by atoms with Gasteiger partial charge in [0.25, 0.3) is 5.91 Å². The topological polar surface area (TPSA) is 80.8 Å². The maximum Gasteiger partial charge on any atom is 0.412 e. The van der Waals surface area contributed by atoms with Gasteiger partial charge in [-0.15, -0.1) is 11.3 Å². The Hall–Kier alpha value is -2.81. The van der Waals surface area contributed by atoms with E-state index in [9.17, 15) is 9.59 Å². The number of aryl methyl sites for hydroxylation is 1. The van der Waals surface area contributed by atoms with Crippen molar-refractivity contribution in [2.75, 3.05) is 19.7 Å². The highest BCUT2D eigenvalue weighted by Crippen LogP contribution is 2.50. The molecule has 36 heavy (non-hydrogen) atoms. The number of hydrogen-bond donors (Lipinski definition) is 1. The highest BCUT2D eigenvalue weighted by Gasteiger charge is 2.54. The molecule has 0 bridgehead atoms. The molecule has 3 heterocycles. The summed E-state index contributed by atoms with van der Waals surface area (Å²) in [5, 5.41) is 4.56. The third kappa shape index (κ3) is 4.31. The first kappa shape index (κ1) is 23.6. The van der Waals surface area contributed by atoms with Gasteiger partial charge in [0, 0.05) is 25.1 Å². The summed E-state index contributed by atoms with van der Waals surface area (Å²) in [5.74, 6) is 1.96. The molecule has 1 N–H and O–H groups in total. The van der Waals surface area contributed by atoms with Gasteiger partial charge in [0.05, 0.1) is 32.6 Å². The Morgan fingerprint density at radius 3 is 2.94 bits per heavy atom. The van der Waals surface area contributed by atoms with E-state index in [0.717, 1.165) is 33.2 Å². The van der Waals surface area contributed by atoms with Gasteiger partial charge in [0.15, 0.2) is 0 Å². The Kier molecular flexibility index (Phi) is 6.06. The fraction of sp³-hybridized carbons (Fsp3) is 0.346. The normalized spacial score (nSPS) is 21.5. The number of thiazole rings is 1. The van der Waals surface area contributed by atoms with Crippen LogP contribution in [0.25, 0.3) is 10.4 Å². The third-order valence-electron chi connectivity index (χ3n) is 7.04. The summed E-state index contributed by atoms with van der Waals surface area (Å²) >= 11 is 13.8. The molecule has 2 amide bonds. The van der Waals surface area contributed by atoms with Crippen LogP contribution in [-0.2, 0) is 6.42 Å².